The van der Waals surface area contributed by atoms with Gasteiger partial charge in [0, 0.05) is 0 Å². The van der Waals surface area contributed by atoms with Crippen LogP contribution in [0.3, 0.4) is 0 Å². The summed E-state index contributed by atoms with van der Waals surface area (Å²) in [4.78, 5) is 0. The minimum Gasteiger partial charge on any atom is -0.131 e. The van der Waals surface area contributed by atoms with Crippen LogP contribution in [0.2, 0.25) is 0 Å². The summed E-state index contributed by atoms with van der Waals surface area (Å²) in [6.07, 6.45) is 10.1. The zero-order valence-electron chi connectivity index (χ0n) is 7.03. The lowest BCUT2D eigenvalue weighted by Gasteiger charge is -2.22. The van der Waals surface area contributed by atoms with Gasteiger partial charge in [0.25, 0.3) is 0 Å². The molecule has 1 saturated carbocycles. The molecular weight excluding hydrogens is 139 g/mol. The summed E-state index contributed by atoms with van der Waals surface area (Å²) in [6.45, 7) is 2.28. The first kappa shape index (κ1) is 8.53. The zero-order chi connectivity index (χ0) is 7.45. The van der Waals surface area contributed by atoms with Crippen molar-refractivity contribution in [3.8, 4) is 0 Å². The van der Waals surface area contributed by atoms with Gasteiger partial charge in [0.15, 0.2) is 0 Å². The smallest absolute Gasteiger partial charge is 0.0150 e. The van der Waals surface area contributed by atoms with Crippen molar-refractivity contribution in [3.63, 3.8) is 0 Å². The highest BCUT2D eigenvalue weighted by molar-refractivity contribution is 7.19. The molecule has 0 aromatic rings. The van der Waals surface area contributed by atoms with E-state index in [0.717, 1.165) is 0 Å². The summed E-state index contributed by atoms with van der Waals surface area (Å²) in [7, 11) is 3.08. The van der Waals surface area contributed by atoms with Crippen molar-refractivity contribution in [2.24, 2.45) is 0 Å². The SMILES string of the molecule is CCCCC1(P)CCCC1. The summed E-state index contributed by atoms with van der Waals surface area (Å²) in [6, 6.07) is 0. The maximum absolute atomic E-state index is 3.08. The molecule has 0 spiro atoms. The van der Waals surface area contributed by atoms with E-state index in [2.05, 4.69) is 16.2 Å². The second kappa shape index (κ2) is 3.72. The van der Waals surface area contributed by atoms with Crippen LogP contribution in [-0.2, 0) is 0 Å². The molecule has 0 bridgehead atoms. The molecule has 0 N–H and O–H groups in total. The molecule has 0 aromatic heterocycles. The van der Waals surface area contributed by atoms with Crippen molar-refractivity contribution >= 4 is 9.24 Å². The molecule has 1 unspecified atom stereocenters. The maximum atomic E-state index is 3.08. The van der Waals surface area contributed by atoms with Crippen molar-refractivity contribution in [2.75, 3.05) is 0 Å². The molecule has 60 valence electrons. The monoisotopic (exact) mass is 158 g/mol. The van der Waals surface area contributed by atoms with Gasteiger partial charge in [-0.2, -0.15) is 0 Å². The van der Waals surface area contributed by atoms with E-state index in [9.17, 15) is 0 Å². The molecule has 1 aliphatic rings. The summed E-state index contributed by atoms with van der Waals surface area (Å²) in [5.41, 5.74) is 0. The molecule has 0 aliphatic heterocycles. The highest BCUT2D eigenvalue weighted by Gasteiger charge is 2.27. The topological polar surface area (TPSA) is 0 Å². The van der Waals surface area contributed by atoms with Gasteiger partial charge < -0.3 is 0 Å². The third-order valence-electron chi connectivity index (χ3n) is 2.63. The van der Waals surface area contributed by atoms with E-state index in [4.69, 9.17) is 0 Å². The molecule has 0 heterocycles. The lowest BCUT2D eigenvalue weighted by molar-refractivity contribution is 0.527. The van der Waals surface area contributed by atoms with Crippen molar-refractivity contribution < 1.29 is 0 Å². The Morgan fingerprint density at radius 1 is 1.30 bits per heavy atom. The van der Waals surface area contributed by atoms with Gasteiger partial charge >= 0.3 is 0 Å². The molecule has 10 heavy (non-hydrogen) atoms. The van der Waals surface area contributed by atoms with Crippen molar-refractivity contribution in [1.82, 2.24) is 0 Å². The van der Waals surface area contributed by atoms with E-state index < -0.39 is 0 Å². The van der Waals surface area contributed by atoms with E-state index in [1.165, 1.54) is 44.9 Å². The Labute approximate surface area is 67.0 Å². The van der Waals surface area contributed by atoms with E-state index in [1.54, 1.807) is 0 Å². The van der Waals surface area contributed by atoms with E-state index in [-0.39, 0.29) is 0 Å². The van der Waals surface area contributed by atoms with Crippen LogP contribution in [0.5, 0.6) is 0 Å². The van der Waals surface area contributed by atoms with Crippen LogP contribution < -0.4 is 0 Å². The lowest BCUT2D eigenvalue weighted by atomic mass is 10.00. The summed E-state index contributed by atoms with van der Waals surface area (Å²) < 4.78 is 0. The first-order chi connectivity index (χ1) is 4.77. The van der Waals surface area contributed by atoms with Gasteiger partial charge in [0.2, 0.25) is 0 Å². The van der Waals surface area contributed by atoms with Crippen LogP contribution in [0.25, 0.3) is 0 Å². The molecule has 1 aliphatic carbocycles. The molecule has 0 aromatic carbocycles. The van der Waals surface area contributed by atoms with Crippen molar-refractivity contribution in [1.29, 1.82) is 0 Å². The first-order valence-corrected chi connectivity index (χ1v) is 5.13. The molecule has 1 fully saturated rings. The van der Waals surface area contributed by atoms with E-state index in [1.807, 2.05) is 0 Å². The molecule has 0 amide bonds. The maximum Gasteiger partial charge on any atom is -0.0150 e. The molecular formula is C9H19P. The van der Waals surface area contributed by atoms with Crippen LogP contribution in [0.15, 0.2) is 0 Å². The Morgan fingerprint density at radius 3 is 2.40 bits per heavy atom. The van der Waals surface area contributed by atoms with E-state index in [0.29, 0.717) is 5.16 Å². The highest BCUT2D eigenvalue weighted by atomic mass is 31.0. The molecule has 0 nitrogen and oxygen atoms in total. The van der Waals surface area contributed by atoms with Gasteiger partial charge in [-0.1, -0.05) is 32.6 Å². The fraction of sp³-hybridized carbons (Fsp3) is 1.00. The summed E-state index contributed by atoms with van der Waals surface area (Å²) in [5.74, 6) is 0. The first-order valence-electron chi connectivity index (χ1n) is 4.56. The Morgan fingerprint density at radius 2 is 1.90 bits per heavy atom. The molecule has 0 radical (unpaired) electrons. The molecule has 1 rings (SSSR count). The number of hydrogen-bond acceptors (Lipinski definition) is 0. The Balaban J connectivity index is 2.22. The largest absolute Gasteiger partial charge is 0.131 e. The summed E-state index contributed by atoms with van der Waals surface area (Å²) in [5, 5.41) is 0.663. The van der Waals surface area contributed by atoms with Crippen LogP contribution in [0.4, 0.5) is 0 Å². The highest BCUT2D eigenvalue weighted by Crippen LogP contribution is 2.41. The summed E-state index contributed by atoms with van der Waals surface area (Å²) >= 11 is 0. The van der Waals surface area contributed by atoms with E-state index >= 15 is 0 Å². The van der Waals surface area contributed by atoms with Crippen LogP contribution in [0.1, 0.15) is 51.9 Å². The lowest BCUT2D eigenvalue weighted by Crippen LogP contribution is -2.14. The van der Waals surface area contributed by atoms with Gasteiger partial charge in [-0.3, -0.25) is 0 Å². The standard InChI is InChI=1S/C9H19P/c1-2-3-6-9(10)7-4-5-8-9/h2-8,10H2,1H3. The molecule has 0 saturated heterocycles. The van der Waals surface area contributed by atoms with Gasteiger partial charge in [0.1, 0.15) is 0 Å². The third-order valence-corrected chi connectivity index (χ3v) is 3.49. The van der Waals surface area contributed by atoms with Crippen LogP contribution in [0, 0.1) is 0 Å². The average molecular weight is 158 g/mol. The fourth-order valence-electron chi connectivity index (χ4n) is 1.86. The molecule has 1 heteroatoms. The van der Waals surface area contributed by atoms with Gasteiger partial charge in [-0.05, 0) is 24.4 Å². The van der Waals surface area contributed by atoms with Crippen molar-refractivity contribution in [2.45, 2.75) is 57.0 Å². The van der Waals surface area contributed by atoms with Crippen LogP contribution in [-0.4, -0.2) is 5.16 Å². The number of rotatable bonds is 3. The van der Waals surface area contributed by atoms with Gasteiger partial charge in [0.05, 0.1) is 0 Å². The predicted molar refractivity (Wildman–Crippen MR) is 50.4 cm³/mol. The average Bonchev–Trinajstić information content (AvgIpc) is 2.33. The second-order valence-corrected chi connectivity index (χ2v) is 4.90. The van der Waals surface area contributed by atoms with Gasteiger partial charge in [-0.15, -0.1) is 9.24 Å². The quantitative estimate of drug-likeness (QED) is 0.552. The minimum absolute atomic E-state index is 0.663. The third kappa shape index (κ3) is 2.23. The van der Waals surface area contributed by atoms with Crippen LogP contribution >= 0.6 is 9.24 Å². The zero-order valence-corrected chi connectivity index (χ0v) is 8.18. The Bertz CT molecular complexity index is 92.9. The second-order valence-electron chi connectivity index (χ2n) is 3.67. The normalized spacial score (nSPS) is 23.4. The Hall–Kier alpha value is 0.430. The Kier molecular flexibility index (Phi) is 3.17. The number of hydrogen-bond donors (Lipinski definition) is 0. The number of unbranched alkanes of at least 4 members (excludes halogenated alkanes) is 1. The van der Waals surface area contributed by atoms with Gasteiger partial charge in [-0.25, -0.2) is 0 Å². The van der Waals surface area contributed by atoms with Crippen molar-refractivity contribution in [3.05, 3.63) is 0 Å². The minimum atomic E-state index is 0.663. The molecule has 1 atom stereocenters. The predicted octanol–water partition coefficient (Wildman–Crippen LogP) is 3.36. The fourth-order valence-corrected chi connectivity index (χ4v) is 2.47.